The van der Waals surface area contributed by atoms with Gasteiger partial charge >= 0.3 is 0 Å². The SMILES string of the molecule is CC1NC(=O)C(C(C)C)N(Cc2ccc(F)c(Cl)c2)C1=O. The molecule has 0 spiro atoms. The fourth-order valence-electron chi connectivity index (χ4n) is 2.56. The largest absolute Gasteiger partial charge is 0.343 e. The lowest BCUT2D eigenvalue weighted by Gasteiger charge is -2.40. The second kappa shape index (κ2) is 6.02. The highest BCUT2D eigenvalue weighted by molar-refractivity contribution is 6.30. The maximum absolute atomic E-state index is 13.2. The molecule has 1 saturated heterocycles. The van der Waals surface area contributed by atoms with Crippen molar-refractivity contribution in [2.75, 3.05) is 0 Å². The fraction of sp³-hybridized carbons (Fsp3) is 0.467. The van der Waals surface area contributed by atoms with E-state index in [0.29, 0.717) is 5.56 Å². The van der Waals surface area contributed by atoms with Crippen LogP contribution in [0.4, 0.5) is 4.39 Å². The lowest BCUT2D eigenvalue weighted by Crippen LogP contribution is -2.63. The third-order valence-electron chi connectivity index (χ3n) is 3.59. The quantitative estimate of drug-likeness (QED) is 0.931. The summed E-state index contributed by atoms with van der Waals surface area (Å²) in [4.78, 5) is 26.0. The number of hydrogen-bond acceptors (Lipinski definition) is 2. The molecule has 1 aromatic carbocycles. The molecule has 114 valence electrons. The van der Waals surface area contributed by atoms with Gasteiger partial charge in [-0.1, -0.05) is 31.5 Å². The van der Waals surface area contributed by atoms with E-state index in [0.717, 1.165) is 0 Å². The Hall–Kier alpha value is -1.62. The Labute approximate surface area is 128 Å². The molecule has 0 bridgehead atoms. The number of nitrogens with zero attached hydrogens (tertiary/aromatic N) is 1. The Morgan fingerprint density at radius 3 is 2.62 bits per heavy atom. The van der Waals surface area contributed by atoms with E-state index in [1.165, 1.54) is 17.0 Å². The molecule has 0 aliphatic carbocycles. The van der Waals surface area contributed by atoms with Crippen molar-refractivity contribution in [1.82, 2.24) is 10.2 Å². The molecular weight excluding hydrogens is 295 g/mol. The summed E-state index contributed by atoms with van der Waals surface area (Å²) in [6.07, 6.45) is 0. The number of amides is 2. The Morgan fingerprint density at radius 2 is 2.05 bits per heavy atom. The summed E-state index contributed by atoms with van der Waals surface area (Å²) in [6, 6.07) is 3.24. The predicted molar refractivity (Wildman–Crippen MR) is 78.2 cm³/mol. The molecule has 1 aromatic rings. The van der Waals surface area contributed by atoms with Gasteiger partial charge in [-0.15, -0.1) is 0 Å². The lowest BCUT2D eigenvalue weighted by atomic mass is 9.96. The number of rotatable bonds is 3. The molecule has 1 fully saturated rings. The topological polar surface area (TPSA) is 49.4 Å². The van der Waals surface area contributed by atoms with Crippen LogP contribution < -0.4 is 5.32 Å². The van der Waals surface area contributed by atoms with Gasteiger partial charge in [0.05, 0.1) is 5.02 Å². The van der Waals surface area contributed by atoms with Crippen LogP contribution in [0.5, 0.6) is 0 Å². The minimum atomic E-state index is -0.552. The molecule has 0 aromatic heterocycles. The van der Waals surface area contributed by atoms with Gasteiger partial charge in [0.2, 0.25) is 11.8 Å². The zero-order valence-corrected chi connectivity index (χ0v) is 12.9. The molecule has 0 saturated carbocycles. The van der Waals surface area contributed by atoms with Crippen LogP contribution in [-0.2, 0) is 16.1 Å². The van der Waals surface area contributed by atoms with Crippen molar-refractivity contribution < 1.29 is 14.0 Å². The number of piperazine rings is 1. The molecule has 2 rings (SSSR count). The van der Waals surface area contributed by atoms with Crippen LogP contribution >= 0.6 is 11.6 Å². The van der Waals surface area contributed by atoms with E-state index in [9.17, 15) is 14.0 Å². The van der Waals surface area contributed by atoms with Gasteiger partial charge in [0.25, 0.3) is 0 Å². The van der Waals surface area contributed by atoms with Crippen LogP contribution in [0.25, 0.3) is 0 Å². The maximum Gasteiger partial charge on any atom is 0.245 e. The molecule has 1 N–H and O–H groups in total. The zero-order chi connectivity index (χ0) is 15.7. The predicted octanol–water partition coefficient (Wildman–Crippen LogP) is 2.35. The first-order valence-corrected chi connectivity index (χ1v) is 7.24. The summed E-state index contributed by atoms with van der Waals surface area (Å²) >= 11 is 5.77. The number of halogens is 2. The van der Waals surface area contributed by atoms with Crippen LogP contribution in [0, 0.1) is 11.7 Å². The summed E-state index contributed by atoms with van der Waals surface area (Å²) in [5.41, 5.74) is 0.697. The van der Waals surface area contributed by atoms with Crippen molar-refractivity contribution in [1.29, 1.82) is 0 Å². The first-order valence-electron chi connectivity index (χ1n) is 6.86. The normalized spacial score (nSPS) is 22.7. The van der Waals surface area contributed by atoms with Crippen LogP contribution in [0.3, 0.4) is 0 Å². The average molecular weight is 313 g/mol. The van der Waals surface area contributed by atoms with Crippen molar-refractivity contribution in [3.63, 3.8) is 0 Å². The monoisotopic (exact) mass is 312 g/mol. The van der Waals surface area contributed by atoms with E-state index < -0.39 is 17.9 Å². The molecule has 4 nitrogen and oxygen atoms in total. The number of carbonyl (C=O) groups is 2. The Morgan fingerprint density at radius 1 is 1.38 bits per heavy atom. The van der Waals surface area contributed by atoms with Crippen molar-refractivity contribution in [3.05, 3.63) is 34.6 Å². The molecule has 0 radical (unpaired) electrons. The highest BCUT2D eigenvalue weighted by Crippen LogP contribution is 2.22. The second-order valence-electron chi connectivity index (χ2n) is 5.63. The maximum atomic E-state index is 13.2. The van der Waals surface area contributed by atoms with Crippen molar-refractivity contribution in [2.45, 2.75) is 39.4 Å². The van der Waals surface area contributed by atoms with Gasteiger partial charge in [-0.05, 0) is 30.5 Å². The first kappa shape index (κ1) is 15.8. The third-order valence-corrected chi connectivity index (χ3v) is 3.87. The molecular formula is C15H18ClFN2O2. The van der Waals surface area contributed by atoms with Gasteiger partial charge in [0.15, 0.2) is 0 Å². The number of hydrogen-bond donors (Lipinski definition) is 1. The zero-order valence-electron chi connectivity index (χ0n) is 12.2. The Balaban J connectivity index is 2.30. The molecule has 6 heteroatoms. The minimum Gasteiger partial charge on any atom is -0.343 e. The van der Waals surface area contributed by atoms with Gasteiger partial charge < -0.3 is 10.2 Å². The number of carbonyl (C=O) groups excluding carboxylic acids is 2. The van der Waals surface area contributed by atoms with Gasteiger partial charge in [-0.25, -0.2) is 4.39 Å². The summed E-state index contributed by atoms with van der Waals surface area (Å²) in [5.74, 6) is -0.826. The first-order chi connectivity index (χ1) is 9.81. The number of nitrogens with one attached hydrogen (secondary N) is 1. The van der Waals surface area contributed by atoms with Gasteiger partial charge in [-0.3, -0.25) is 9.59 Å². The van der Waals surface area contributed by atoms with Crippen LogP contribution in [0.2, 0.25) is 5.02 Å². The van der Waals surface area contributed by atoms with Crippen LogP contribution in [0.1, 0.15) is 26.3 Å². The molecule has 1 aliphatic rings. The van der Waals surface area contributed by atoms with E-state index in [2.05, 4.69) is 5.32 Å². The number of benzene rings is 1. The smallest absolute Gasteiger partial charge is 0.245 e. The highest BCUT2D eigenvalue weighted by atomic mass is 35.5. The molecule has 1 heterocycles. The van der Waals surface area contributed by atoms with E-state index in [1.54, 1.807) is 13.0 Å². The van der Waals surface area contributed by atoms with Crippen molar-refractivity contribution in [2.24, 2.45) is 5.92 Å². The summed E-state index contributed by atoms with van der Waals surface area (Å²) in [5, 5.41) is 2.69. The Kier molecular flexibility index (Phi) is 4.52. The van der Waals surface area contributed by atoms with Crippen molar-refractivity contribution >= 4 is 23.4 Å². The lowest BCUT2D eigenvalue weighted by molar-refractivity contribution is -0.151. The van der Waals surface area contributed by atoms with Gasteiger partial charge in [0.1, 0.15) is 17.9 Å². The second-order valence-corrected chi connectivity index (χ2v) is 6.04. The summed E-state index contributed by atoms with van der Waals surface area (Å²) in [7, 11) is 0. The van der Waals surface area contributed by atoms with Gasteiger partial charge in [-0.2, -0.15) is 0 Å². The fourth-order valence-corrected chi connectivity index (χ4v) is 2.76. The molecule has 21 heavy (non-hydrogen) atoms. The average Bonchev–Trinajstić information content (AvgIpc) is 2.39. The standard InChI is InChI=1S/C15H18ClFN2O2/c1-8(2)13-14(20)18-9(3)15(21)19(13)7-10-4-5-12(17)11(16)6-10/h4-6,8-9,13H,7H2,1-3H3,(H,18,20). The molecule has 2 amide bonds. The van der Waals surface area contributed by atoms with Crippen molar-refractivity contribution in [3.8, 4) is 0 Å². The summed E-state index contributed by atoms with van der Waals surface area (Å²) in [6.45, 7) is 5.66. The van der Waals surface area contributed by atoms with E-state index in [-0.39, 0.29) is 29.3 Å². The van der Waals surface area contributed by atoms with E-state index >= 15 is 0 Å². The van der Waals surface area contributed by atoms with E-state index in [4.69, 9.17) is 11.6 Å². The van der Waals surface area contributed by atoms with E-state index in [1.807, 2.05) is 13.8 Å². The molecule has 2 atom stereocenters. The van der Waals surface area contributed by atoms with Gasteiger partial charge in [0, 0.05) is 6.54 Å². The summed E-state index contributed by atoms with van der Waals surface area (Å²) < 4.78 is 13.2. The Bertz CT molecular complexity index is 577. The van der Waals surface area contributed by atoms with Crippen LogP contribution in [-0.4, -0.2) is 28.8 Å². The highest BCUT2D eigenvalue weighted by Gasteiger charge is 2.40. The molecule has 2 unspecified atom stereocenters. The molecule has 1 aliphatic heterocycles. The van der Waals surface area contributed by atoms with Crippen LogP contribution in [0.15, 0.2) is 18.2 Å². The third kappa shape index (κ3) is 3.18. The minimum absolute atomic E-state index is 0.00977.